The normalized spacial score (nSPS) is 19.1. The van der Waals surface area contributed by atoms with Gasteiger partial charge in [-0.1, -0.05) is 17.7 Å². The van der Waals surface area contributed by atoms with Crippen molar-refractivity contribution < 1.29 is 13.7 Å². The number of hydrogen-bond donors (Lipinski definition) is 1. The van der Waals surface area contributed by atoms with Gasteiger partial charge in [-0.25, -0.2) is 4.98 Å². The van der Waals surface area contributed by atoms with Crippen LogP contribution in [0.3, 0.4) is 0 Å². The summed E-state index contributed by atoms with van der Waals surface area (Å²) in [5, 5.41) is 3.20. The summed E-state index contributed by atoms with van der Waals surface area (Å²) in [5.74, 6) is -0.244. The van der Waals surface area contributed by atoms with Crippen molar-refractivity contribution in [2.24, 2.45) is 0 Å². The molecule has 26 heavy (non-hydrogen) atoms. The molecule has 0 spiro atoms. The molecule has 1 aliphatic rings. The van der Waals surface area contributed by atoms with E-state index >= 15 is 0 Å². The number of carbonyl (C=O) groups excluding carboxylic acids is 1. The molecule has 3 atom stereocenters. The van der Waals surface area contributed by atoms with Crippen molar-refractivity contribution in [2.45, 2.75) is 36.2 Å². The average Bonchev–Trinajstić information content (AvgIpc) is 3.13. The zero-order valence-corrected chi connectivity index (χ0v) is 15.9. The molecule has 1 N–H and O–H groups in total. The minimum atomic E-state index is -1.18. The van der Waals surface area contributed by atoms with E-state index in [1.165, 1.54) is 12.4 Å². The maximum absolute atomic E-state index is 12.9. The predicted molar refractivity (Wildman–Crippen MR) is 101 cm³/mol. The third-order valence-corrected chi connectivity index (χ3v) is 5.72. The van der Waals surface area contributed by atoms with Crippen LogP contribution in [0, 0.1) is 0 Å². The van der Waals surface area contributed by atoms with E-state index in [0.717, 1.165) is 25.0 Å². The Labute approximate surface area is 159 Å². The molecule has 0 saturated carbocycles. The summed E-state index contributed by atoms with van der Waals surface area (Å²) in [6, 6.07) is 5.23. The number of halogens is 1. The number of hydrogen-bond acceptors (Lipinski definition) is 5. The Morgan fingerprint density at radius 1 is 1.46 bits per heavy atom. The zero-order valence-electron chi connectivity index (χ0n) is 14.4. The Bertz CT molecular complexity index is 798. The van der Waals surface area contributed by atoms with Gasteiger partial charge in [-0.3, -0.25) is 14.0 Å². The van der Waals surface area contributed by atoms with E-state index in [1.54, 1.807) is 30.7 Å². The van der Waals surface area contributed by atoms with Gasteiger partial charge in [0.2, 0.25) is 5.91 Å². The van der Waals surface area contributed by atoms with E-state index in [9.17, 15) is 9.00 Å². The molecule has 2 unspecified atom stereocenters. The first-order valence-electron chi connectivity index (χ1n) is 8.36. The van der Waals surface area contributed by atoms with Gasteiger partial charge in [0.05, 0.1) is 38.9 Å². The fourth-order valence-electron chi connectivity index (χ4n) is 3.03. The molecule has 0 bridgehead atoms. The zero-order chi connectivity index (χ0) is 18.5. The molecular weight excluding hydrogens is 374 g/mol. The van der Waals surface area contributed by atoms with E-state index in [-0.39, 0.29) is 12.0 Å². The van der Waals surface area contributed by atoms with Gasteiger partial charge in [-0.15, -0.1) is 0 Å². The molecule has 1 aromatic heterocycles. The lowest BCUT2D eigenvalue weighted by Crippen LogP contribution is -2.25. The second-order valence-corrected chi connectivity index (χ2v) is 7.90. The summed E-state index contributed by atoms with van der Waals surface area (Å²) >= 11 is 6.27. The number of aromatic nitrogens is 2. The molecule has 3 rings (SSSR count). The second kappa shape index (κ2) is 8.70. The lowest BCUT2D eigenvalue weighted by atomic mass is 9.91. The summed E-state index contributed by atoms with van der Waals surface area (Å²) in [7, 11) is -1.18. The quantitative estimate of drug-likeness (QED) is 0.815. The van der Waals surface area contributed by atoms with Crippen LogP contribution in [0.2, 0.25) is 5.02 Å². The molecule has 1 amide bonds. The van der Waals surface area contributed by atoms with Crippen LogP contribution >= 0.6 is 11.6 Å². The van der Waals surface area contributed by atoms with Crippen molar-refractivity contribution in [1.29, 1.82) is 0 Å². The molecule has 138 valence electrons. The predicted octanol–water partition coefficient (Wildman–Crippen LogP) is 3.16. The fraction of sp³-hybridized carbons (Fsp3) is 0.389. The maximum Gasteiger partial charge on any atom is 0.233 e. The fourth-order valence-corrected chi connectivity index (χ4v) is 4.14. The largest absolute Gasteiger partial charge is 0.378 e. The molecule has 6 nitrogen and oxygen atoms in total. The Morgan fingerprint density at radius 2 is 2.31 bits per heavy atom. The van der Waals surface area contributed by atoms with Gasteiger partial charge >= 0.3 is 0 Å². The number of benzene rings is 1. The Kier molecular flexibility index (Phi) is 6.34. The van der Waals surface area contributed by atoms with Crippen molar-refractivity contribution >= 4 is 34.1 Å². The minimum absolute atomic E-state index is 0.0337. The third-order valence-electron chi connectivity index (χ3n) is 4.32. The van der Waals surface area contributed by atoms with E-state index in [4.69, 9.17) is 16.3 Å². The number of amides is 1. The number of anilines is 1. The molecule has 1 saturated heterocycles. The highest BCUT2D eigenvalue weighted by atomic mass is 35.5. The highest BCUT2D eigenvalue weighted by Crippen LogP contribution is 2.31. The van der Waals surface area contributed by atoms with E-state index in [1.807, 2.05) is 0 Å². The van der Waals surface area contributed by atoms with Crippen LogP contribution in [0.15, 0.2) is 41.7 Å². The lowest BCUT2D eigenvalue weighted by molar-refractivity contribution is -0.118. The molecule has 0 aliphatic carbocycles. The number of nitrogens with one attached hydrogen (secondary N) is 1. The van der Waals surface area contributed by atoms with Crippen molar-refractivity contribution in [3.05, 3.63) is 47.4 Å². The lowest BCUT2D eigenvalue weighted by Gasteiger charge is -2.21. The van der Waals surface area contributed by atoms with E-state index in [2.05, 4.69) is 15.3 Å². The summed E-state index contributed by atoms with van der Waals surface area (Å²) in [6.45, 7) is 0.720. The van der Waals surface area contributed by atoms with Crippen LogP contribution in [0.1, 0.15) is 30.7 Å². The first-order chi connectivity index (χ1) is 12.5. The van der Waals surface area contributed by atoms with Crippen molar-refractivity contribution in [2.75, 3.05) is 18.2 Å². The molecule has 1 fully saturated rings. The summed E-state index contributed by atoms with van der Waals surface area (Å²) in [5.41, 5.74) is 0.765. The average molecular weight is 394 g/mol. The van der Waals surface area contributed by atoms with Crippen molar-refractivity contribution in [3.8, 4) is 0 Å². The molecule has 2 aromatic rings. The Morgan fingerprint density at radius 3 is 2.92 bits per heavy atom. The van der Waals surface area contributed by atoms with E-state index in [0.29, 0.717) is 22.2 Å². The topological polar surface area (TPSA) is 81.2 Å². The SMILES string of the molecule is CS(=O)c1ccc(C(C[C@H]2CCCO2)C(=O)Nc2cnccn2)cc1Cl. The van der Waals surface area contributed by atoms with Crippen LogP contribution in [0.5, 0.6) is 0 Å². The van der Waals surface area contributed by atoms with Gasteiger partial charge in [0.1, 0.15) is 0 Å². The standard InChI is InChI=1S/C18H20ClN3O3S/c1-26(24)16-5-4-12(9-15(16)19)14(10-13-3-2-8-25-13)18(23)22-17-11-20-6-7-21-17/h4-7,9,11,13-14H,2-3,8,10H2,1H3,(H,21,22,23)/t13-,14?,26?/m1/s1. The third kappa shape index (κ3) is 4.66. The van der Waals surface area contributed by atoms with Crippen molar-refractivity contribution in [1.82, 2.24) is 9.97 Å². The maximum atomic E-state index is 12.9. The molecule has 0 radical (unpaired) electrons. The van der Waals surface area contributed by atoms with Gasteiger partial charge in [0, 0.05) is 25.3 Å². The number of rotatable bonds is 6. The summed E-state index contributed by atoms with van der Waals surface area (Å²) in [4.78, 5) is 21.5. The first-order valence-corrected chi connectivity index (χ1v) is 10.3. The van der Waals surface area contributed by atoms with Crippen LogP contribution in [-0.2, 0) is 20.3 Å². The van der Waals surface area contributed by atoms with Crippen LogP contribution in [-0.4, -0.2) is 39.1 Å². The highest BCUT2D eigenvalue weighted by Gasteiger charge is 2.28. The van der Waals surface area contributed by atoms with Gasteiger partial charge < -0.3 is 10.1 Å². The Balaban J connectivity index is 1.86. The van der Waals surface area contributed by atoms with Crippen molar-refractivity contribution in [3.63, 3.8) is 0 Å². The number of carbonyl (C=O) groups is 1. The monoisotopic (exact) mass is 393 g/mol. The van der Waals surface area contributed by atoms with Gasteiger partial charge in [-0.2, -0.15) is 0 Å². The number of ether oxygens (including phenoxy) is 1. The summed E-state index contributed by atoms with van der Waals surface area (Å²) < 4.78 is 17.4. The summed E-state index contributed by atoms with van der Waals surface area (Å²) in [6.07, 6.45) is 8.65. The van der Waals surface area contributed by atoms with E-state index < -0.39 is 16.7 Å². The van der Waals surface area contributed by atoms with Crippen LogP contribution in [0.4, 0.5) is 5.82 Å². The minimum Gasteiger partial charge on any atom is -0.378 e. The molecule has 8 heteroatoms. The molecule has 1 aliphatic heterocycles. The second-order valence-electron chi connectivity index (χ2n) is 6.15. The number of nitrogens with zero attached hydrogens (tertiary/aromatic N) is 2. The first kappa shape index (κ1) is 18.9. The molecule has 1 aromatic carbocycles. The van der Waals surface area contributed by atoms with Gasteiger partial charge in [0.25, 0.3) is 0 Å². The highest BCUT2D eigenvalue weighted by molar-refractivity contribution is 7.84. The Hall–Kier alpha value is -1.83. The smallest absolute Gasteiger partial charge is 0.233 e. The van der Waals surface area contributed by atoms with Gasteiger partial charge in [0.15, 0.2) is 5.82 Å². The molecule has 2 heterocycles. The van der Waals surface area contributed by atoms with Crippen LogP contribution < -0.4 is 5.32 Å². The van der Waals surface area contributed by atoms with Crippen LogP contribution in [0.25, 0.3) is 0 Å². The van der Waals surface area contributed by atoms with Gasteiger partial charge in [-0.05, 0) is 37.0 Å². The molecular formula is C18H20ClN3O3S.